The highest BCUT2D eigenvalue weighted by molar-refractivity contribution is 7.14. The maximum absolute atomic E-state index is 12.3. The molecule has 1 amide bonds. The second-order valence-electron chi connectivity index (χ2n) is 8.39. The number of anilines is 2. The van der Waals surface area contributed by atoms with Crippen LogP contribution < -0.4 is 10.2 Å². The SMILES string of the molecule is CCN(CC)c1nc(-c2ccc(NC(=O)C[C@H](C)CC(C)(C)C)cc2)cs1. The maximum atomic E-state index is 12.3. The summed E-state index contributed by atoms with van der Waals surface area (Å²) in [6.07, 6.45) is 1.59. The van der Waals surface area contributed by atoms with Crippen LogP contribution in [0.15, 0.2) is 29.6 Å². The number of aromatic nitrogens is 1. The van der Waals surface area contributed by atoms with Crippen LogP contribution in [0.4, 0.5) is 10.8 Å². The van der Waals surface area contributed by atoms with Crippen molar-refractivity contribution in [1.82, 2.24) is 4.98 Å². The van der Waals surface area contributed by atoms with Gasteiger partial charge in [0.2, 0.25) is 5.91 Å². The number of hydrogen-bond acceptors (Lipinski definition) is 4. The van der Waals surface area contributed by atoms with E-state index in [1.54, 1.807) is 11.3 Å². The van der Waals surface area contributed by atoms with Crippen LogP contribution in [0, 0.1) is 11.3 Å². The van der Waals surface area contributed by atoms with Gasteiger partial charge in [-0.2, -0.15) is 0 Å². The van der Waals surface area contributed by atoms with Crippen molar-refractivity contribution in [2.24, 2.45) is 11.3 Å². The lowest BCUT2D eigenvalue weighted by molar-refractivity contribution is -0.117. The van der Waals surface area contributed by atoms with Crippen LogP contribution in [0.3, 0.4) is 0 Å². The number of hydrogen-bond donors (Lipinski definition) is 1. The van der Waals surface area contributed by atoms with E-state index in [-0.39, 0.29) is 11.3 Å². The lowest BCUT2D eigenvalue weighted by atomic mass is 9.84. The summed E-state index contributed by atoms with van der Waals surface area (Å²) in [6, 6.07) is 7.96. The molecule has 0 unspecified atom stereocenters. The summed E-state index contributed by atoms with van der Waals surface area (Å²) in [5.41, 5.74) is 3.15. The summed E-state index contributed by atoms with van der Waals surface area (Å²) >= 11 is 1.67. The van der Waals surface area contributed by atoms with Crippen molar-refractivity contribution in [2.45, 2.75) is 54.4 Å². The van der Waals surface area contributed by atoms with Crippen LogP contribution in [0.2, 0.25) is 0 Å². The molecule has 0 aliphatic rings. The van der Waals surface area contributed by atoms with E-state index < -0.39 is 0 Å². The molecule has 0 saturated carbocycles. The Kier molecular flexibility index (Phi) is 7.42. The zero-order chi connectivity index (χ0) is 20.0. The Balaban J connectivity index is 1.96. The van der Waals surface area contributed by atoms with Crippen LogP contribution in [0.5, 0.6) is 0 Å². The first-order valence-corrected chi connectivity index (χ1v) is 10.7. The minimum atomic E-state index is 0.0805. The Hall–Kier alpha value is -1.88. The van der Waals surface area contributed by atoms with Gasteiger partial charge in [0, 0.05) is 36.1 Å². The Labute approximate surface area is 168 Å². The number of thiazole rings is 1. The highest BCUT2D eigenvalue weighted by Gasteiger charge is 2.18. The average Bonchev–Trinajstić information content (AvgIpc) is 3.04. The smallest absolute Gasteiger partial charge is 0.224 e. The lowest BCUT2D eigenvalue weighted by Gasteiger charge is -2.22. The van der Waals surface area contributed by atoms with Crippen LogP contribution in [-0.4, -0.2) is 24.0 Å². The fourth-order valence-electron chi connectivity index (χ4n) is 3.41. The largest absolute Gasteiger partial charge is 0.349 e. The molecule has 0 aliphatic heterocycles. The molecule has 0 aliphatic carbocycles. The van der Waals surface area contributed by atoms with E-state index in [2.05, 4.69) is 57.1 Å². The molecule has 148 valence electrons. The van der Waals surface area contributed by atoms with E-state index in [9.17, 15) is 4.79 Å². The van der Waals surface area contributed by atoms with Gasteiger partial charge in [-0.25, -0.2) is 4.98 Å². The van der Waals surface area contributed by atoms with Crippen molar-refractivity contribution in [2.75, 3.05) is 23.3 Å². The molecule has 0 fully saturated rings. The van der Waals surface area contributed by atoms with Gasteiger partial charge in [-0.3, -0.25) is 4.79 Å². The van der Waals surface area contributed by atoms with Crippen molar-refractivity contribution in [3.63, 3.8) is 0 Å². The third-order valence-corrected chi connectivity index (χ3v) is 5.39. The predicted molar refractivity (Wildman–Crippen MR) is 118 cm³/mol. The summed E-state index contributed by atoms with van der Waals surface area (Å²) in [7, 11) is 0. The zero-order valence-electron chi connectivity index (χ0n) is 17.5. The second-order valence-corrected chi connectivity index (χ2v) is 9.22. The predicted octanol–water partition coefficient (Wildman–Crippen LogP) is 6.06. The van der Waals surface area contributed by atoms with Crippen molar-refractivity contribution < 1.29 is 4.79 Å². The number of nitrogens with one attached hydrogen (secondary N) is 1. The van der Waals surface area contributed by atoms with Crippen molar-refractivity contribution >= 4 is 28.1 Å². The molecule has 1 aromatic carbocycles. The molecule has 0 radical (unpaired) electrons. The Morgan fingerprint density at radius 1 is 1.19 bits per heavy atom. The highest BCUT2D eigenvalue weighted by atomic mass is 32.1. The summed E-state index contributed by atoms with van der Waals surface area (Å²) in [5, 5.41) is 6.16. The molecule has 0 bridgehead atoms. The molecule has 5 heteroatoms. The number of carbonyl (C=O) groups excluding carboxylic acids is 1. The van der Waals surface area contributed by atoms with Crippen LogP contribution in [0.1, 0.15) is 54.4 Å². The Morgan fingerprint density at radius 2 is 1.81 bits per heavy atom. The van der Waals surface area contributed by atoms with Gasteiger partial charge < -0.3 is 10.2 Å². The molecule has 1 heterocycles. The first kappa shape index (κ1) is 21.4. The first-order valence-electron chi connectivity index (χ1n) is 9.82. The molecular formula is C22H33N3OS. The summed E-state index contributed by atoms with van der Waals surface area (Å²) in [4.78, 5) is 19.3. The van der Waals surface area contributed by atoms with Crippen molar-refractivity contribution in [3.8, 4) is 11.3 Å². The number of amides is 1. The van der Waals surface area contributed by atoms with E-state index in [0.717, 1.165) is 41.6 Å². The average molecular weight is 388 g/mol. The molecule has 0 saturated heterocycles. The normalized spacial score (nSPS) is 12.7. The quantitative estimate of drug-likeness (QED) is 0.599. The van der Waals surface area contributed by atoms with Gasteiger partial charge in [0.1, 0.15) is 0 Å². The summed E-state index contributed by atoms with van der Waals surface area (Å²) in [6.45, 7) is 15.0. The molecule has 2 rings (SSSR count). The molecular weight excluding hydrogens is 354 g/mol. The topological polar surface area (TPSA) is 45.2 Å². The minimum absolute atomic E-state index is 0.0805. The summed E-state index contributed by atoms with van der Waals surface area (Å²) < 4.78 is 0. The van der Waals surface area contributed by atoms with Crippen LogP contribution >= 0.6 is 11.3 Å². The number of nitrogens with zero attached hydrogens (tertiary/aromatic N) is 2. The Bertz CT molecular complexity index is 727. The Morgan fingerprint density at radius 3 is 2.37 bits per heavy atom. The van der Waals surface area contributed by atoms with Gasteiger partial charge in [0.15, 0.2) is 5.13 Å². The van der Waals surface area contributed by atoms with Gasteiger partial charge >= 0.3 is 0 Å². The van der Waals surface area contributed by atoms with E-state index in [1.165, 1.54) is 0 Å². The second kappa shape index (κ2) is 9.36. The standard InChI is InChI=1S/C22H33N3OS/c1-7-25(8-2)21-24-19(15-27-21)17-9-11-18(12-10-17)23-20(26)13-16(3)14-22(4,5)6/h9-12,15-16H,7-8,13-14H2,1-6H3,(H,23,26)/t16-/m0/s1. The highest BCUT2D eigenvalue weighted by Crippen LogP contribution is 2.29. The summed E-state index contributed by atoms with van der Waals surface area (Å²) in [5.74, 6) is 0.453. The van der Waals surface area contributed by atoms with Crippen molar-refractivity contribution in [3.05, 3.63) is 29.6 Å². The lowest BCUT2D eigenvalue weighted by Crippen LogP contribution is -2.21. The number of carbonyl (C=O) groups is 1. The van der Waals surface area contributed by atoms with Crippen LogP contribution in [-0.2, 0) is 4.79 Å². The van der Waals surface area contributed by atoms with Gasteiger partial charge in [-0.05, 0) is 43.7 Å². The fraction of sp³-hybridized carbons (Fsp3) is 0.545. The third-order valence-electron chi connectivity index (χ3n) is 4.49. The van der Waals surface area contributed by atoms with Gasteiger partial charge in [0.05, 0.1) is 5.69 Å². The molecule has 2 aromatic rings. The number of benzene rings is 1. The van der Waals surface area contributed by atoms with Gasteiger partial charge in [0.25, 0.3) is 0 Å². The molecule has 0 spiro atoms. The molecule has 1 N–H and O–H groups in total. The van der Waals surface area contributed by atoms with Gasteiger partial charge in [-0.15, -0.1) is 11.3 Å². The number of rotatable bonds is 8. The van der Waals surface area contributed by atoms with Crippen LogP contribution in [0.25, 0.3) is 11.3 Å². The molecule has 1 atom stereocenters. The van der Waals surface area contributed by atoms with Crippen molar-refractivity contribution in [1.29, 1.82) is 0 Å². The monoisotopic (exact) mass is 387 g/mol. The first-order chi connectivity index (χ1) is 12.7. The maximum Gasteiger partial charge on any atom is 0.224 e. The molecule has 1 aromatic heterocycles. The zero-order valence-corrected chi connectivity index (χ0v) is 18.3. The van der Waals surface area contributed by atoms with E-state index >= 15 is 0 Å². The van der Waals surface area contributed by atoms with E-state index in [0.29, 0.717) is 12.3 Å². The minimum Gasteiger partial charge on any atom is -0.349 e. The fourth-order valence-corrected chi connectivity index (χ4v) is 4.37. The third kappa shape index (κ3) is 6.65. The van der Waals surface area contributed by atoms with E-state index in [4.69, 9.17) is 4.98 Å². The molecule has 27 heavy (non-hydrogen) atoms. The van der Waals surface area contributed by atoms with Gasteiger partial charge in [-0.1, -0.05) is 39.8 Å². The molecule has 4 nitrogen and oxygen atoms in total. The van der Waals surface area contributed by atoms with E-state index in [1.807, 2.05) is 24.3 Å².